The summed E-state index contributed by atoms with van der Waals surface area (Å²) in [5, 5.41) is 22.0. The molecule has 0 spiro atoms. The molecule has 0 amide bonds. The molecule has 0 radical (unpaired) electrons. The van der Waals surface area contributed by atoms with Gasteiger partial charge in [-0.25, -0.2) is 5.90 Å². The quantitative estimate of drug-likeness (QED) is 0.142. The van der Waals surface area contributed by atoms with Gasteiger partial charge in [-0.1, -0.05) is 141 Å². The fourth-order valence-electron chi connectivity index (χ4n) is 10.3. The molecule has 0 heterocycles. The fourth-order valence-corrected chi connectivity index (χ4v) is 10.3. The van der Waals surface area contributed by atoms with Crippen molar-refractivity contribution in [3.63, 3.8) is 0 Å². The molecule has 1 aliphatic carbocycles. The Kier molecular flexibility index (Phi) is 7.58. The molecule has 12 rings (SSSR count). The number of allylic oxidation sites excluding steroid dienone is 1. The molecule has 0 aromatic heterocycles. The van der Waals surface area contributed by atoms with Crippen molar-refractivity contribution < 1.29 is 4.84 Å². The van der Waals surface area contributed by atoms with E-state index in [1.807, 2.05) is 0 Å². The lowest BCUT2D eigenvalue weighted by atomic mass is 9.83. The number of rotatable bonds is 5. The van der Waals surface area contributed by atoms with Crippen LogP contribution in [0.4, 0.5) is 0 Å². The highest BCUT2D eigenvalue weighted by Crippen LogP contribution is 2.56. The molecule has 0 unspecified atom stereocenters. The summed E-state index contributed by atoms with van der Waals surface area (Å²) < 4.78 is 0. The third-order valence-electron chi connectivity index (χ3n) is 12.6. The van der Waals surface area contributed by atoms with Crippen molar-refractivity contribution in [3.05, 3.63) is 150 Å². The fraction of sp³-hybridized carbons (Fsp3) is 0.148. The summed E-state index contributed by atoms with van der Waals surface area (Å²) >= 11 is 0. The minimum absolute atomic E-state index is 0.678. The first-order valence-corrected chi connectivity index (χ1v) is 20.2. The molecule has 1 aliphatic rings. The molecule has 0 aliphatic heterocycles. The SMILES string of the molecule is CC(C)CCON.Cc1cc2ccc3c4c(-c5ccccc5)c5c(cc6c7c(c8cccc5c86)C=CCC7)c(-c5ccccc5)c4c4cc5cccc1c5c2c43. The number of hydrogen-bond acceptors (Lipinski definition) is 2. The average Bonchev–Trinajstić information content (AvgIpc) is 3.74. The summed E-state index contributed by atoms with van der Waals surface area (Å²) in [6, 6.07) is 48.6. The van der Waals surface area contributed by atoms with Gasteiger partial charge in [0.05, 0.1) is 6.61 Å². The Morgan fingerprint density at radius 3 is 1.96 bits per heavy atom. The molecule has 56 heavy (non-hydrogen) atoms. The Morgan fingerprint density at radius 2 is 1.21 bits per heavy atom. The van der Waals surface area contributed by atoms with E-state index in [-0.39, 0.29) is 0 Å². The van der Waals surface area contributed by atoms with Gasteiger partial charge in [0.2, 0.25) is 0 Å². The molecule has 0 atom stereocenters. The van der Waals surface area contributed by atoms with Gasteiger partial charge in [0.15, 0.2) is 0 Å². The maximum Gasteiger partial charge on any atom is 0.0681 e. The van der Waals surface area contributed by atoms with Crippen molar-refractivity contribution in [1.29, 1.82) is 0 Å². The molecule has 0 fully saturated rings. The molecule has 270 valence electrons. The van der Waals surface area contributed by atoms with Crippen LogP contribution in [0.2, 0.25) is 0 Å². The van der Waals surface area contributed by atoms with E-state index in [9.17, 15) is 0 Å². The summed E-state index contributed by atoms with van der Waals surface area (Å²) in [5.74, 6) is 5.47. The summed E-state index contributed by atoms with van der Waals surface area (Å²) in [7, 11) is 0. The molecule has 0 saturated carbocycles. The highest BCUT2D eigenvalue weighted by atomic mass is 16.6. The Balaban J connectivity index is 0.000000478. The normalized spacial score (nSPS) is 13.2. The zero-order valence-corrected chi connectivity index (χ0v) is 32.2. The first-order valence-electron chi connectivity index (χ1n) is 20.2. The van der Waals surface area contributed by atoms with Crippen LogP contribution in [0.5, 0.6) is 0 Å². The number of hydrogen-bond donors (Lipinski definition) is 1. The van der Waals surface area contributed by atoms with Crippen LogP contribution in [-0.4, -0.2) is 6.61 Å². The minimum atomic E-state index is 0.678. The molecule has 2 N–H and O–H groups in total. The van der Waals surface area contributed by atoms with E-state index < -0.39 is 0 Å². The summed E-state index contributed by atoms with van der Waals surface area (Å²) in [6.07, 6.45) is 7.97. The number of aryl methyl sites for hydroxylation is 2. The second-order valence-corrected chi connectivity index (χ2v) is 16.3. The smallest absolute Gasteiger partial charge is 0.0681 e. The van der Waals surface area contributed by atoms with Crippen LogP contribution >= 0.6 is 0 Å². The van der Waals surface area contributed by atoms with Crippen molar-refractivity contribution in [3.8, 4) is 22.3 Å². The monoisotopic (exact) mass is 721 g/mol. The lowest BCUT2D eigenvalue weighted by Crippen LogP contribution is -2.03. The van der Waals surface area contributed by atoms with Gasteiger partial charge in [-0.05, 0) is 169 Å². The van der Waals surface area contributed by atoms with Crippen LogP contribution in [0.15, 0.2) is 133 Å². The first kappa shape index (κ1) is 33.3. The van der Waals surface area contributed by atoms with E-state index in [0.717, 1.165) is 19.3 Å². The number of fused-ring (bicyclic) bond motifs is 8. The standard InChI is InChI=1S/C49H30.C5H13NO/c1-27-24-31-22-23-37-47-39(25-30-16-10-19-32(27)42(30)44(31)47)49-41(28-12-4-2-5-13-28)40-26-38-34-18-9-8-17-33(34)35-20-11-21-36(45(35)38)46(40)43(48(37)49)29-14-6-3-7-15-29;1-5(2)3-4-7-6/h2-8,10-17,19-26H,9,18H2,1H3;5H,3-4,6H2,1-2H3. The Labute approximate surface area is 326 Å². The predicted molar refractivity (Wildman–Crippen MR) is 243 cm³/mol. The summed E-state index contributed by atoms with van der Waals surface area (Å²) in [6.45, 7) is 7.22. The Morgan fingerprint density at radius 1 is 0.536 bits per heavy atom. The van der Waals surface area contributed by atoms with Gasteiger partial charge >= 0.3 is 0 Å². The van der Waals surface area contributed by atoms with Crippen LogP contribution in [-0.2, 0) is 11.3 Å². The minimum Gasteiger partial charge on any atom is -0.305 e. The van der Waals surface area contributed by atoms with Gasteiger partial charge in [-0.2, -0.15) is 0 Å². The maximum atomic E-state index is 4.78. The van der Waals surface area contributed by atoms with Crippen molar-refractivity contribution in [2.45, 2.75) is 40.0 Å². The van der Waals surface area contributed by atoms with E-state index >= 15 is 0 Å². The molecular weight excluding hydrogens is 679 g/mol. The van der Waals surface area contributed by atoms with Crippen LogP contribution in [0.25, 0.3) is 115 Å². The largest absolute Gasteiger partial charge is 0.305 e. The topological polar surface area (TPSA) is 35.2 Å². The molecule has 11 aromatic rings. The van der Waals surface area contributed by atoms with Crippen molar-refractivity contribution in [2.75, 3.05) is 6.61 Å². The molecule has 2 heteroatoms. The second-order valence-electron chi connectivity index (χ2n) is 16.3. The molecule has 2 nitrogen and oxygen atoms in total. The van der Waals surface area contributed by atoms with Gasteiger partial charge in [0.1, 0.15) is 0 Å². The van der Waals surface area contributed by atoms with Crippen molar-refractivity contribution in [2.24, 2.45) is 11.8 Å². The lowest BCUT2D eigenvalue weighted by Gasteiger charge is -2.19. The van der Waals surface area contributed by atoms with E-state index in [2.05, 4.69) is 165 Å². The Bertz CT molecular complexity index is 3300. The van der Waals surface area contributed by atoms with Gasteiger partial charge in [-0.3, -0.25) is 0 Å². The van der Waals surface area contributed by atoms with Crippen LogP contribution < -0.4 is 5.90 Å². The highest BCUT2D eigenvalue weighted by Gasteiger charge is 2.28. The third kappa shape index (κ3) is 4.70. The van der Waals surface area contributed by atoms with E-state index in [0.29, 0.717) is 12.5 Å². The van der Waals surface area contributed by atoms with E-state index in [1.54, 1.807) is 0 Å². The maximum absolute atomic E-state index is 4.78. The van der Waals surface area contributed by atoms with Gasteiger partial charge in [0.25, 0.3) is 0 Å². The van der Waals surface area contributed by atoms with Crippen LogP contribution in [0, 0.1) is 12.8 Å². The Hall–Kier alpha value is -6.06. The zero-order chi connectivity index (χ0) is 37.7. The van der Waals surface area contributed by atoms with E-state index in [4.69, 9.17) is 5.90 Å². The van der Waals surface area contributed by atoms with Gasteiger partial charge < -0.3 is 4.84 Å². The predicted octanol–water partition coefficient (Wildman–Crippen LogP) is 14.8. The van der Waals surface area contributed by atoms with Crippen LogP contribution in [0.3, 0.4) is 0 Å². The summed E-state index contributed by atoms with van der Waals surface area (Å²) in [5.41, 5.74) is 9.53. The molecular formula is C54H43NO. The first-order chi connectivity index (χ1) is 27.5. The number of benzene rings is 9. The second kappa shape index (κ2) is 12.7. The van der Waals surface area contributed by atoms with E-state index in [1.165, 1.54) is 125 Å². The summed E-state index contributed by atoms with van der Waals surface area (Å²) in [4.78, 5) is 4.35. The van der Waals surface area contributed by atoms with Gasteiger partial charge in [-0.15, -0.1) is 0 Å². The molecule has 11 aromatic carbocycles. The highest BCUT2D eigenvalue weighted by molar-refractivity contribution is 6.47. The lowest BCUT2D eigenvalue weighted by molar-refractivity contribution is 0.126. The van der Waals surface area contributed by atoms with Crippen molar-refractivity contribution >= 4 is 92.3 Å². The molecule has 0 bridgehead atoms. The van der Waals surface area contributed by atoms with Crippen molar-refractivity contribution in [1.82, 2.24) is 0 Å². The van der Waals surface area contributed by atoms with Gasteiger partial charge in [0, 0.05) is 0 Å². The van der Waals surface area contributed by atoms with Crippen LogP contribution in [0.1, 0.15) is 43.4 Å². The third-order valence-corrected chi connectivity index (χ3v) is 12.6. The zero-order valence-electron chi connectivity index (χ0n) is 32.2. The number of nitrogens with two attached hydrogens (primary N) is 1. The average molecular weight is 722 g/mol. The molecule has 0 saturated heterocycles.